The van der Waals surface area contributed by atoms with E-state index >= 15 is 0 Å². The summed E-state index contributed by atoms with van der Waals surface area (Å²) in [5.41, 5.74) is 2.50. The largest absolute Gasteiger partial charge is 0.298 e. The van der Waals surface area contributed by atoms with Gasteiger partial charge in [-0.2, -0.15) is 0 Å². The summed E-state index contributed by atoms with van der Waals surface area (Å²) >= 11 is 1.30. The molecule has 7 nitrogen and oxygen atoms in total. The van der Waals surface area contributed by atoms with Crippen LogP contribution in [0.3, 0.4) is 0 Å². The molecule has 8 heteroatoms. The molecule has 0 bridgehead atoms. The third-order valence-corrected chi connectivity index (χ3v) is 5.60. The molecule has 0 spiro atoms. The second-order valence-electron chi connectivity index (χ2n) is 7.44. The third kappa shape index (κ3) is 3.86. The van der Waals surface area contributed by atoms with Gasteiger partial charge in [0, 0.05) is 35.4 Å². The van der Waals surface area contributed by atoms with Crippen molar-refractivity contribution in [2.24, 2.45) is 5.92 Å². The van der Waals surface area contributed by atoms with Crippen LogP contribution in [0.25, 0.3) is 11.3 Å². The predicted molar refractivity (Wildman–Crippen MR) is 115 cm³/mol. The zero-order valence-corrected chi connectivity index (χ0v) is 17.4. The highest BCUT2D eigenvalue weighted by Crippen LogP contribution is 2.27. The minimum Gasteiger partial charge on any atom is -0.298 e. The van der Waals surface area contributed by atoms with Gasteiger partial charge in [0.1, 0.15) is 0 Å². The molecule has 30 heavy (non-hydrogen) atoms. The van der Waals surface area contributed by atoms with E-state index in [0.29, 0.717) is 28.7 Å². The summed E-state index contributed by atoms with van der Waals surface area (Å²) in [6.45, 7) is 4.46. The van der Waals surface area contributed by atoms with Crippen molar-refractivity contribution < 1.29 is 14.4 Å². The van der Waals surface area contributed by atoms with E-state index in [-0.39, 0.29) is 23.3 Å². The Kier molecular flexibility index (Phi) is 5.41. The van der Waals surface area contributed by atoms with E-state index in [9.17, 15) is 14.4 Å². The molecule has 0 atom stereocenters. The Morgan fingerprint density at radius 1 is 1.17 bits per heavy atom. The Labute approximate surface area is 177 Å². The normalized spacial score (nSPS) is 13.1. The first-order chi connectivity index (χ1) is 14.4. The standard InChI is InChI=1S/C22H20N4O3S/c1-13(2)7-9-26-20(28)16-6-5-14(10-17(16)21(26)29)19(27)25-22-24-18(12-30-22)15-4-3-8-23-11-15/h3-6,8,10-13H,7,9H2,1-2H3,(H,24,25,27). The number of hydrogen-bond donors (Lipinski definition) is 1. The van der Waals surface area contributed by atoms with Gasteiger partial charge in [-0.05, 0) is 42.7 Å². The number of nitrogens with one attached hydrogen (secondary N) is 1. The molecule has 0 unspecified atom stereocenters. The number of benzene rings is 1. The van der Waals surface area contributed by atoms with E-state index in [4.69, 9.17) is 0 Å². The fourth-order valence-corrected chi connectivity index (χ4v) is 3.88. The molecule has 0 saturated heterocycles. The van der Waals surface area contributed by atoms with Gasteiger partial charge in [-0.15, -0.1) is 11.3 Å². The van der Waals surface area contributed by atoms with Crippen LogP contribution >= 0.6 is 11.3 Å². The van der Waals surface area contributed by atoms with Crippen molar-refractivity contribution in [1.29, 1.82) is 0 Å². The summed E-state index contributed by atoms with van der Waals surface area (Å²) in [4.78, 5) is 47.6. The first-order valence-electron chi connectivity index (χ1n) is 9.61. The summed E-state index contributed by atoms with van der Waals surface area (Å²) in [7, 11) is 0. The molecule has 0 radical (unpaired) electrons. The van der Waals surface area contributed by atoms with E-state index in [1.165, 1.54) is 22.3 Å². The van der Waals surface area contributed by atoms with Crippen LogP contribution < -0.4 is 5.32 Å². The summed E-state index contributed by atoms with van der Waals surface area (Å²) in [5.74, 6) is -0.654. The van der Waals surface area contributed by atoms with Gasteiger partial charge in [0.25, 0.3) is 17.7 Å². The molecular formula is C22H20N4O3S. The van der Waals surface area contributed by atoms with E-state index in [1.54, 1.807) is 24.5 Å². The van der Waals surface area contributed by atoms with Crippen molar-refractivity contribution in [3.8, 4) is 11.3 Å². The second kappa shape index (κ2) is 8.16. The van der Waals surface area contributed by atoms with Crippen LogP contribution in [0.1, 0.15) is 51.3 Å². The molecule has 3 amide bonds. The number of amides is 3. The zero-order valence-electron chi connectivity index (χ0n) is 16.6. The Morgan fingerprint density at radius 2 is 1.97 bits per heavy atom. The lowest BCUT2D eigenvalue weighted by atomic mass is 10.1. The second-order valence-corrected chi connectivity index (χ2v) is 8.30. The van der Waals surface area contributed by atoms with Crippen LogP contribution in [-0.4, -0.2) is 39.1 Å². The van der Waals surface area contributed by atoms with Gasteiger partial charge in [0.05, 0.1) is 16.8 Å². The SMILES string of the molecule is CC(C)CCN1C(=O)c2ccc(C(=O)Nc3nc(-c4cccnc4)cs3)cc2C1=O. The fraction of sp³-hybridized carbons (Fsp3) is 0.227. The van der Waals surface area contributed by atoms with Crippen molar-refractivity contribution >= 4 is 34.2 Å². The molecule has 152 valence electrons. The van der Waals surface area contributed by atoms with Gasteiger partial charge in [-0.1, -0.05) is 13.8 Å². The quantitative estimate of drug-likeness (QED) is 0.606. The molecule has 2 aromatic heterocycles. The predicted octanol–water partition coefficient (Wildman–Crippen LogP) is 4.10. The molecule has 0 aliphatic carbocycles. The van der Waals surface area contributed by atoms with Crippen molar-refractivity contribution in [3.05, 3.63) is 64.8 Å². The zero-order chi connectivity index (χ0) is 21.3. The van der Waals surface area contributed by atoms with Gasteiger partial charge in [-0.3, -0.25) is 29.6 Å². The number of fused-ring (bicyclic) bond motifs is 1. The maximum Gasteiger partial charge on any atom is 0.261 e. The smallest absolute Gasteiger partial charge is 0.261 e. The van der Waals surface area contributed by atoms with E-state index < -0.39 is 0 Å². The molecule has 4 rings (SSSR count). The molecule has 0 saturated carbocycles. The van der Waals surface area contributed by atoms with Crippen LogP contribution in [0.15, 0.2) is 48.1 Å². The molecule has 3 heterocycles. The number of nitrogens with zero attached hydrogens (tertiary/aromatic N) is 3. The number of aromatic nitrogens is 2. The highest BCUT2D eigenvalue weighted by molar-refractivity contribution is 7.14. The first kappa shape index (κ1) is 19.9. The Hall–Kier alpha value is -3.39. The molecule has 0 fully saturated rings. The maximum absolute atomic E-state index is 12.7. The number of pyridine rings is 1. The monoisotopic (exact) mass is 420 g/mol. The highest BCUT2D eigenvalue weighted by Gasteiger charge is 2.35. The number of hydrogen-bond acceptors (Lipinski definition) is 6. The average Bonchev–Trinajstić information content (AvgIpc) is 3.30. The molecule has 1 aliphatic rings. The molecule has 1 aliphatic heterocycles. The number of thiazole rings is 1. The number of rotatable bonds is 6. The summed E-state index contributed by atoms with van der Waals surface area (Å²) in [6.07, 6.45) is 4.12. The molecular weight excluding hydrogens is 400 g/mol. The van der Waals surface area contributed by atoms with Crippen LogP contribution in [-0.2, 0) is 0 Å². The summed E-state index contributed by atoms with van der Waals surface area (Å²) in [6, 6.07) is 8.29. The Morgan fingerprint density at radius 3 is 2.70 bits per heavy atom. The van der Waals surface area contributed by atoms with Crippen molar-refractivity contribution in [3.63, 3.8) is 0 Å². The lowest BCUT2D eigenvalue weighted by molar-refractivity contribution is 0.0647. The van der Waals surface area contributed by atoms with Gasteiger partial charge < -0.3 is 0 Å². The first-order valence-corrected chi connectivity index (χ1v) is 10.5. The number of anilines is 1. The van der Waals surface area contributed by atoms with Gasteiger partial charge in [-0.25, -0.2) is 4.98 Å². The minimum atomic E-state index is -0.384. The Balaban J connectivity index is 1.50. The lowest BCUT2D eigenvalue weighted by Gasteiger charge is -2.14. The average molecular weight is 420 g/mol. The van der Waals surface area contributed by atoms with Crippen LogP contribution in [0.4, 0.5) is 5.13 Å². The van der Waals surface area contributed by atoms with E-state index in [0.717, 1.165) is 17.7 Å². The summed E-state index contributed by atoms with van der Waals surface area (Å²) < 4.78 is 0. The lowest BCUT2D eigenvalue weighted by Crippen LogP contribution is -2.31. The van der Waals surface area contributed by atoms with Gasteiger partial charge >= 0.3 is 0 Å². The molecule has 1 aromatic carbocycles. The molecule has 3 aromatic rings. The van der Waals surface area contributed by atoms with E-state index in [1.807, 2.05) is 31.4 Å². The summed E-state index contributed by atoms with van der Waals surface area (Å²) in [5, 5.41) is 5.04. The van der Waals surface area contributed by atoms with Crippen LogP contribution in [0.5, 0.6) is 0 Å². The number of carbonyl (C=O) groups excluding carboxylic acids is 3. The third-order valence-electron chi connectivity index (χ3n) is 4.84. The number of imide groups is 1. The van der Waals surface area contributed by atoms with Gasteiger partial charge in [0.2, 0.25) is 0 Å². The van der Waals surface area contributed by atoms with Crippen LogP contribution in [0, 0.1) is 5.92 Å². The Bertz CT molecular complexity index is 1120. The minimum absolute atomic E-state index is 0.270. The maximum atomic E-state index is 12.7. The fourth-order valence-electron chi connectivity index (χ4n) is 3.17. The topological polar surface area (TPSA) is 92.3 Å². The van der Waals surface area contributed by atoms with Crippen molar-refractivity contribution in [1.82, 2.24) is 14.9 Å². The van der Waals surface area contributed by atoms with Gasteiger partial charge in [0.15, 0.2) is 5.13 Å². The highest BCUT2D eigenvalue weighted by atomic mass is 32.1. The number of carbonyl (C=O) groups is 3. The molecule has 1 N–H and O–H groups in total. The van der Waals surface area contributed by atoms with Crippen LogP contribution in [0.2, 0.25) is 0 Å². The van der Waals surface area contributed by atoms with Crippen molar-refractivity contribution in [2.75, 3.05) is 11.9 Å². The van der Waals surface area contributed by atoms with E-state index in [2.05, 4.69) is 15.3 Å². The van der Waals surface area contributed by atoms with Crippen molar-refractivity contribution in [2.45, 2.75) is 20.3 Å².